The number of hydrogen-bond acceptors (Lipinski definition) is 4. The second-order valence-corrected chi connectivity index (χ2v) is 4.95. The Morgan fingerprint density at radius 2 is 2.17 bits per heavy atom. The molecule has 0 unspecified atom stereocenters. The molecule has 1 heterocycles. The molecule has 1 saturated heterocycles. The zero-order chi connectivity index (χ0) is 13.1. The maximum absolute atomic E-state index is 11.8. The Labute approximate surface area is 109 Å². The van der Waals surface area contributed by atoms with Gasteiger partial charge in [-0.05, 0) is 32.3 Å². The van der Waals surface area contributed by atoms with Crippen LogP contribution in [0, 0.1) is 0 Å². The summed E-state index contributed by atoms with van der Waals surface area (Å²) < 4.78 is 11.1. The molecule has 102 valence electrons. The summed E-state index contributed by atoms with van der Waals surface area (Å²) in [6, 6.07) is 0.789. The van der Waals surface area contributed by atoms with Gasteiger partial charge in [0.2, 0.25) is 0 Å². The van der Waals surface area contributed by atoms with Crippen molar-refractivity contribution in [3.63, 3.8) is 0 Å². The van der Waals surface area contributed by atoms with Gasteiger partial charge in [-0.25, -0.2) is 4.79 Å². The fourth-order valence-corrected chi connectivity index (χ4v) is 2.51. The molecule has 2 aliphatic rings. The van der Waals surface area contributed by atoms with Crippen molar-refractivity contribution in [2.75, 3.05) is 6.61 Å². The molecule has 1 aliphatic carbocycles. The molecule has 4 nitrogen and oxygen atoms in total. The van der Waals surface area contributed by atoms with Crippen molar-refractivity contribution in [3.8, 4) is 0 Å². The number of hydrogen-bond donors (Lipinski definition) is 1. The summed E-state index contributed by atoms with van der Waals surface area (Å²) >= 11 is 0. The van der Waals surface area contributed by atoms with E-state index in [1.54, 1.807) is 0 Å². The fraction of sp³-hybridized carbons (Fsp3) is 0.786. The van der Waals surface area contributed by atoms with Gasteiger partial charge in [-0.2, -0.15) is 0 Å². The summed E-state index contributed by atoms with van der Waals surface area (Å²) in [4.78, 5) is 11.8. The van der Waals surface area contributed by atoms with Gasteiger partial charge >= 0.3 is 5.97 Å². The van der Waals surface area contributed by atoms with Crippen LogP contribution in [0.4, 0.5) is 0 Å². The molecule has 2 rings (SSSR count). The molecule has 18 heavy (non-hydrogen) atoms. The monoisotopic (exact) mass is 253 g/mol. The SMILES string of the molecule is CCOC(=O)C1=C[C@@H](OC(CC)CC)[C@H]2N[C@H]2C1. The van der Waals surface area contributed by atoms with Gasteiger partial charge in [0.25, 0.3) is 0 Å². The smallest absolute Gasteiger partial charge is 0.333 e. The molecule has 3 atom stereocenters. The number of carbonyl (C=O) groups excluding carboxylic acids is 1. The molecule has 4 heteroatoms. The predicted octanol–water partition coefficient (Wildman–Crippen LogP) is 1.79. The van der Waals surface area contributed by atoms with Gasteiger partial charge in [0, 0.05) is 11.6 Å². The Morgan fingerprint density at radius 1 is 1.44 bits per heavy atom. The first-order valence-corrected chi connectivity index (χ1v) is 6.98. The lowest BCUT2D eigenvalue weighted by Gasteiger charge is -2.23. The zero-order valence-corrected chi connectivity index (χ0v) is 11.4. The van der Waals surface area contributed by atoms with Gasteiger partial charge < -0.3 is 14.8 Å². The van der Waals surface area contributed by atoms with Crippen LogP contribution in [-0.2, 0) is 14.3 Å². The normalized spacial score (nSPS) is 29.8. The molecule has 0 aromatic carbocycles. The van der Waals surface area contributed by atoms with Gasteiger partial charge in [0.05, 0.1) is 24.9 Å². The van der Waals surface area contributed by atoms with Crippen LogP contribution in [0.5, 0.6) is 0 Å². The molecule has 0 amide bonds. The average Bonchev–Trinajstić information content (AvgIpc) is 3.15. The molecule has 0 aromatic heterocycles. The van der Waals surface area contributed by atoms with Crippen LogP contribution in [0.1, 0.15) is 40.0 Å². The zero-order valence-electron chi connectivity index (χ0n) is 11.4. The van der Waals surface area contributed by atoms with Crippen molar-refractivity contribution in [1.29, 1.82) is 0 Å². The third-order valence-corrected chi connectivity index (χ3v) is 3.69. The van der Waals surface area contributed by atoms with Gasteiger partial charge in [0.1, 0.15) is 0 Å². The molecule has 1 N–H and O–H groups in total. The fourth-order valence-electron chi connectivity index (χ4n) is 2.51. The first-order chi connectivity index (χ1) is 8.69. The Balaban J connectivity index is 2.00. The lowest BCUT2D eigenvalue weighted by atomic mass is 9.97. The maximum atomic E-state index is 11.8. The van der Waals surface area contributed by atoms with E-state index in [0.29, 0.717) is 18.7 Å². The summed E-state index contributed by atoms with van der Waals surface area (Å²) in [7, 11) is 0. The topological polar surface area (TPSA) is 57.5 Å². The quantitative estimate of drug-likeness (QED) is 0.579. The predicted molar refractivity (Wildman–Crippen MR) is 69.3 cm³/mol. The highest BCUT2D eigenvalue weighted by Gasteiger charge is 2.47. The van der Waals surface area contributed by atoms with E-state index in [9.17, 15) is 4.79 Å². The van der Waals surface area contributed by atoms with Crippen LogP contribution in [0.25, 0.3) is 0 Å². The lowest BCUT2D eigenvalue weighted by Crippen LogP contribution is -2.30. The Bertz CT molecular complexity index is 336. The van der Waals surface area contributed by atoms with Crippen LogP contribution in [-0.4, -0.2) is 36.9 Å². The third-order valence-electron chi connectivity index (χ3n) is 3.69. The Morgan fingerprint density at radius 3 is 2.78 bits per heavy atom. The van der Waals surface area contributed by atoms with Crippen molar-refractivity contribution in [2.24, 2.45) is 0 Å². The number of ether oxygens (including phenoxy) is 2. The van der Waals surface area contributed by atoms with Crippen LogP contribution in [0.15, 0.2) is 11.6 Å². The number of carbonyl (C=O) groups is 1. The third kappa shape index (κ3) is 2.93. The van der Waals surface area contributed by atoms with Crippen LogP contribution >= 0.6 is 0 Å². The van der Waals surface area contributed by atoms with E-state index in [1.807, 2.05) is 13.0 Å². The number of rotatable bonds is 6. The molecule has 1 fully saturated rings. The van der Waals surface area contributed by atoms with Crippen molar-refractivity contribution in [1.82, 2.24) is 5.32 Å². The second kappa shape index (κ2) is 5.85. The van der Waals surface area contributed by atoms with Gasteiger partial charge in [-0.1, -0.05) is 13.8 Å². The minimum atomic E-state index is -0.192. The molecule has 0 aromatic rings. The van der Waals surface area contributed by atoms with Crippen molar-refractivity contribution >= 4 is 5.97 Å². The Kier molecular flexibility index (Phi) is 4.40. The van der Waals surface area contributed by atoms with E-state index in [0.717, 1.165) is 24.8 Å². The molecule has 1 aliphatic heterocycles. The Hall–Kier alpha value is -0.870. The standard InChI is InChI=1S/C14H23NO3/c1-4-10(5-2)18-12-8-9(14(16)17-6-3)7-11-13(12)15-11/h8,10-13,15H,4-7H2,1-3H3/t11-,12+,13-/m0/s1. The van der Waals surface area contributed by atoms with Crippen molar-refractivity contribution in [3.05, 3.63) is 11.6 Å². The minimum absolute atomic E-state index is 0.0213. The van der Waals surface area contributed by atoms with E-state index in [2.05, 4.69) is 19.2 Å². The summed E-state index contributed by atoms with van der Waals surface area (Å²) in [6.07, 6.45) is 5.04. The summed E-state index contributed by atoms with van der Waals surface area (Å²) in [5.74, 6) is -0.192. The van der Waals surface area contributed by atoms with Crippen LogP contribution in [0.3, 0.4) is 0 Å². The van der Waals surface area contributed by atoms with E-state index >= 15 is 0 Å². The van der Waals surface area contributed by atoms with Gasteiger partial charge in [-0.3, -0.25) is 0 Å². The van der Waals surface area contributed by atoms with Crippen LogP contribution < -0.4 is 5.32 Å². The second-order valence-electron chi connectivity index (χ2n) is 4.95. The van der Waals surface area contributed by atoms with E-state index in [1.165, 1.54) is 0 Å². The van der Waals surface area contributed by atoms with Crippen molar-refractivity contribution in [2.45, 2.75) is 64.3 Å². The largest absolute Gasteiger partial charge is 0.463 e. The number of nitrogens with one attached hydrogen (secondary N) is 1. The van der Waals surface area contributed by atoms with Crippen LogP contribution in [0.2, 0.25) is 0 Å². The molecule has 0 spiro atoms. The highest BCUT2D eigenvalue weighted by molar-refractivity contribution is 5.89. The van der Waals surface area contributed by atoms with Gasteiger partial charge in [-0.15, -0.1) is 0 Å². The molecular weight excluding hydrogens is 230 g/mol. The number of fused-ring (bicyclic) bond motifs is 1. The minimum Gasteiger partial charge on any atom is -0.463 e. The molecule has 0 saturated carbocycles. The first kappa shape index (κ1) is 13.6. The molecular formula is C14H23NO3. The van der Waals surface area contributed by atoms with Crippen molar-refractivity contribution < 1.29 is 14.3 Å². The average molecular weight is 253 g/mol. The highest BCUT2D eigenvalue weighted by Crippen LogP contribution is 2.32. The first-order valence-electron chi connectivity index (χ1n) is 6.98. The highest BCUT2D eigenvalue weighted by atomic mass is 16.5. The lowest BCUT2D eigenvalue weighted by molar-refractivity contribution is -0.138. The summed E-state index contributed by atoms with van der Waals surface area (Å²) in [5, 5.41) is 3.38. The molecule has 0 bridgehead atoms. The molecule has 0 radical (unpaired) electrons. The summed E-state index contributed by atoms with van der Waals surface area (Å²) in [6.45, 7) is 6.52. The van der Waals surface area contributed by atoms with E-state index in [-0.39, 0.29) is 18.2 Å². The van der Waals surface area contributed by atoms with E-state index in [4.69, 9.17) is 9.47 Å². The van der Waals surface area contributed by atoms with Gasteiger partial charge in [0.15, 0.2) is 0 Å². The summed E-state index contributed by atoms with van der Waals surface area (Å²) in [5.41, 5.74) is 0.763. The number of esters is 1. The maximum Gasteiger partial charge on any atom is 0.333 e. The van der Waals surface area contributed by atoms with E-state index < -0.39 is 0 Å².